The molecule has 5 nitrogen and oxygen atoms in total. The predicted octanol–water partition coefficient (Wildman–Crippen LogP) is 5.22. The van der Waals surface area contributed by atoms with Crippen LogP contribution >= 0.6 is 0 Å². The van der Waals surface area contributed by atoms with E-state index < -0.39 is 0 Å². The number of ether oxygens (including phenoxy) is 3. The zero-order valence-corrected chi connectivity index (χ0v) is 16.6. The molecule has 0 saturated heterocycles. The number of nitrogens with zero attached hydrogens (tertiary/aromatic N) is 2. The fourth-order valence-corrected chi connectivity index (χ4v) is 3.38. The Balaban J connectivity index is 1.76. The smallest absolute Gasteiger partial charge is 0.203 e. The lowest BCUT2D eigenvalue weighted by atomic mass is 10.1. The fraction of sp³-hybridized carbons (Fsp3) is 0.125. The summed E-state index contributed by atoms with van der Waals surface area (Å²) in [6, 6.07) is 20.2. The van der Waals surface area contributed by atoms with Crippen LogP contribution in [0.3, 0.4) is 0 Å². The van der Waals surface area contributed by atoms with E-state index in [0.717, 1.165) is 27.8 Å². The van der Waals surface area contributed by atoms with Crippen LogP contribution in [-0.4, -0.2) is 30.9 Å². The van der Waals surface area contributed by atoms with Gasteiger partial charge in [-0.3, -0.25) is 4.57 Å². The summed E-state index contributed by atoms with van der Waals surface area (Å²) in [6.45, 7) is 0. The van der Waals surface area contributed by atoms with Crippen LogP contribution in [0.4, 0.5) is 0 Å². The Morgan fingerprint density at radius 3 is 2.21 bits per heavy atom. The first-order valence-corrected chi connectivity index (χ1v) is 9.24. The minimum atomic E-state index is 0.581. The molecule has 0 radical (unpaired) electrons. The number of hydrogen-bond donors (Lipinski definition) is 0. The maximum Gasteiger partial charge on any atom is 0.203 e. The van der Waals surface area contributed by atoms with Crippen molar-refractivity contribution in [3.63, 3.8) is 0 Å². The summed E-state index contributed by atoms with van der Waals surface area (Å²) in [5, 5.41) is 0. The standard InChI is InChI=1S/C24H22N2O3/c1-27-22-14-17(15-23(28-2)24(22)29-3)12-13-18-8-4-6-10-20(18)26-16-25-19-9-5-7-11-21(19)26/h4-16H,1-3H3/b13-12+. The fourth-order valence-electron chi connectivity index (χ4n) is 3.38. The molecule has 3 aromatic carbocycles. The summed E-state index contributed by atoms with van der Waals surface area (Å²) in [5.41, 5.74) is 5.12. The van der Waals surface area contributed by atoms with E-state index in [0.29, 0.717) is 17.2 Å². The molecule has 0 aliphatic carbocycles. The average Bonchev–Trinajstić information content (AvgIpc) is 3.21. The van der Waals surface area contributed by atoms with E-state index in [1.165, 1.54) is 0 Å². The van der Waals surface area contributed by atoms with E-state index in [1.54, 1.807) is 21.3 Å². The molecule has 0 amide bonds. The molecule has 146 valence electrons. The lowest BCUT2D eigenvalue weighted by Crippen LogP contribution is -1.96. The third-order valence-electron chi connectivity index (χ3n) is 4.79. The van der Waals surface area contributed by atoms with Crippen molar-refractivity contribution in [2.75, 3.05) is 21.3 Å². The Hall–Kier alpha value is -3.73. The minimum Gasteiger partial charge on any atom is -0.493 e. The van der Waals surface area contributed by atoms with Gasteiger partial charge < -0.3 is 14.2 Å². The largest absolute Gasteiger partial charge is 0.493 e. The Kier molecular flexibility index (Phi) is 5.20. The molecular formula is C24H22N2O3. The van der Waals surface area contributed by atoms with Crippen LogP contribution in [-0.2, 0) is 0 Å². The van der Waals surface area contributed by atoms with Crippen LogP contribution in [0, 0.1) is 0 Å². The number of imidazole rings is 1. The second kappa shape index (κ2) is 8.10. The highest BCUT2D eigenvalue weighted by Crippen LogP contribution is 2.38. The van der Waals surface area contributed by atoms with Crippen LogP contribution in [0.25, 0.3) is 28.9 Å². The first-order chi connectivity index (χ1) is 14.2. The zero-order chi connectivity index (χ0) is 20.2. The Morgan fingerprint density at radius 1 is 0.793 bits per heavy atom. The highest BCUT2D eigenvalue weighted by molar-refractivity contribution is 5.81. The summed E-state index contributed by atoms with van der Waals surface area (Å²) in [6.07, 6.45) is 5.96. The minimum absolute atomic E-state index is 0.581. The van der Waals surface area contributed by atoms with Crippen molar-refractivity contribution >= 4 is 23.2 Å². The van der Waals surface area contributed by atoms with Crippen molar-refractivity contribution < 1.29 is 14.2 Å². The normalized spacial score (nSPS) is 11.1. The quantitative estimate of drug-likeness (QED) is 0.426. The molecule has 0 unspecified atom stereocenters. The van der Waals surface area contributed by atoms with Crippen LogP contribution in [0.15, 0.2) is 67.0 Å². The van der Waals surface area contributed by atoms with Gasteiger partial charge in [-0.2, -0.15) is 0 Å². The van der Waals surface area contributed by atoms with E-state index in [1.807, 2.05) is 54.9 Å². The van der Waals surface area contributed by atoms with E-state index >= 15 is 0 Å². The maximum absolute atomic E-state index is 5.45. The van der Waals surface area contributed by atoms with Gasteiger partial charge in [0.1, 0.15) is 6.33 Å². The van der Waals surface area contributed by atoms with Gasteiger partial charge in [-0.25, -0.2) is 4.98 Å². The second-order valence-corrected chi connectivity index (χ2v) is 6.45. The van der Waals surface area contributed by atoms with Gasteiger partial charge >= 0.3 is 0 Å². The van der Waals surface area contributed by atoms with Gasteiger partial charge in [0.05, 0.1) is 38.1 Å². The number of para-hydroxylation sites is 3. The number of hydrogen-bond acceptors (Lipinski definition) is 4. The molecule has 1 aromatic heterocycles. The Labute approximate surface area is 169 Å². The third kappa shape index (κ3) is 3.55. The first-order valence-electron chi connectivity index (χ1n) is 9.24. The monoisotopic (exact) mass is 386 g/mol. The van der Waals surface area contributed by atoms with Gasteiger partial charge in [0.25, 0.3) is 0 Å². The molecule has 29 heavy (non-hydrogen) atoms. The Bertz CT molecular complexity index is 1150. The first kappa shape index (κ1) is 18.6. The van der Waals surface area contributed by atoms with E-state index in [9.17, 15) is 0 Å². The van der Waals surface area contributed by atoms with Gasteiger partial charge in [0, 0.05) is 0 Å². The van der Waals surface area contributed by atoms with Crippen LogP contribution in [0.5, 0.6) is 17.2 Å². The highest BCUT2D eigenvalue weighted by Gasteiger charge is 2.12. The molecule has 4 rings (SSSR count). The number of rotatable bonds is 6. The maximum atomic E-state index is 5.45. The average molecular weight is 386 g/mol. The van der Waals surface area contributed by atoms with Crippen molar-refractivity contribution in [2.45, 2.75) is 0 Å². The van der Waals surface area contributed by atoms with Gasteiger partial charge in [0.15, 0.2) is 11.5 Å². The molecule has 5 heteroatoms. The molecule has 1 heterocycles. The molecule has 0 bridgehead atoms. The zero-order valence-electron chi connectivity index (χ0n) is 16.6. The lowest BCUT2D eigenvalue weighted by molar-refractivity contribution is 0.324. The van der Waals surface area contributed by atoms with E-state index in [2.05, 4.69) is 33.8 Å². The number of aromatic nitrogens is 2. The van der Waals surface area contributed by atoms with Gasteiger partial charge in [0.2, 0.25) is 5.75 Å². The van der Waals surface area contributed by atoms with Crippen molar-refractivity contribution in [1.29, 1.82) is 0 Å². The summed E-state index contributed by atoms with van der Waals surface area (Å²) < 4.78 is 18.4. The summed E-state index contributed by atoms with van der Waals surface area (Å²) in [5.74, 6) is 1.83. The van der Waals surface area contributed by atoms with E-state index in [-0.39, 0.29) is 0 Å². The molecule has 0 N–H and O–H groups in total. The van der Waals surface area contributed by atoms with Crippen LogP contribution < -0.4 is 14.2 Å². The molecular weight excluding hydrogens is 364 g/mol. The highest BCUT2D eigenvalue weighted by atomic mass is 16.5. The van der Waals surface area contributed by atoms with Crippen LogP contribution in [0.2, 0.25) is 0 Å². The molecule has 4 aromatic rings. The van der Waals surface area contributed by atoms with Crippen molar-refractivity contribution in [1.82, 2.24) is 9.55 Å². The number of methoxy groups -OCH3 is 3. The van der Waals surface area contributed by atoms with Gasteiger partial charge in [-0.15, -0.1) is 0 Å². The summed E-state index contributed by atoms with van der Waals surface area (Å²) in [7, 11) is 4.83. The summed E-state index contributed by atoms with van der Waals surface area (Å²) in [4.78, 5) is 4.51. The number of benzene rings is 3. The van der Waals surface area contributed by atoms with E-state index in [4.69, 9.17) is 14.2 Å². The molecule has 0 aliphatic heterocycles. The third-order valence-corrected chi connectivity index (χ3v) is 4.79. The SMILES string of the molecule is COc1cc(/C=C/c2ccccc2-n2cnc3ccccc32)cc(OC)c1OC. The van der Waals surface area contributed by atoms with Crippen molar-refractivity contribution in [2.24, 2.45) is 0 Å². The molecule has 0 fully saturated rings. The molecule has 0 atom stereocenters. The van der Waals surface area contributed by atoms with Gasteiger partial charge in [-0.1, -0.05) is 42.5 Å². The van der Waals surface area contributed by atoms with Crippen molar-refractivity contribution in [3.05, 3.63) is 78.1 Å². The second-order valence-electron chi connectivity index (χ2n) is 6.45. The number of fused-ring (bicyclic) bond motifs is 1. The Morgan fingerprint density at radius 2 is 1.48 bits per heavy atom. The van der Waals surface area contributed by atoms with Crippen LogP contribution in [0.1, 0.15) is 11.1 Å². The predicted molar refractivity (Wildman–Crippen MR) is 116 cm³/mol. The lowest BCUT2D eigenvalue weighted by Gasteiger charge is -2.13. The molecule has 0 aliphatic rings. The summed E-state index contributed by atoms with van der Waals surface area (Å²) >= 11 is 0. The molecule has 0 spiro atoms. The van der Waals surface area contributed by atoms with Gasteiger partial charge in [-0.05, 0) is 41.5 Å². The van der Waals surface area contributed by atoms with Crippen molar-refractivity contribution in [3.8, 4) is 22.9 Å². The molecule has 0 saturated carbocycles. The topological polar surface area (TPSA) is 45.5 Å².